The molecule has 0 bridgehead atoms. The van der Waals surface area contributed by atoms with E-state index in [1.54, 1.807) is 6.26 Å². The third kappa shape index (κ3) is 4.77. The van der Waals surface area contributed by atoms with Gasteiger partial charge in [-0.25, -0.2) is 0 Å². The van der Waals surface area contributed by atoms with E-state index in [0.29, 0.717) is 0 Å². The van der Waals surface area contributed by atoms with Crippen LogP contribution in [0, 0.1) is 11.8 Å². The average Bonchev–Trinajstić information content (AvgIpc) is 2.69. The molecule has 0 unspecified atom stereocenters. The number of furan rings is 1. The molecule has 1 rings (SSSR count). The van der Waals surface area contributed by atoms with E-state index in [1.807, 2.05) is 12.1 Å². The summed E-state index contributed by atoms with van der Waals surface area (Å²) in [5.74, 6) is 7.45. The quantitative estimate of drug-likeness (QED) is 0.508. The standard InChI is InChI=1S/C13H18O/c1-2-3-4-5-6-7-8-10-13-11-9-12-14-13/h9,11-12H,2-4,7-8,10H2,1H3. The Hall–Kier alpha value is -1.16. The molecule has 1 nitrogen and oxygen atoms in total. The number of hydrogen-bond donors (Lipinski definition) is 0. The Morgan fingerprint density at radius 3 is 2.64 bits per heavy atom. The minimum absolute atomic E-state index is 0.990. The molecule has 1 aromatic rings. The van der Waals surface area contributed by atoms with Gasteiger partial charge in [-0.15, -0.1) is 11.8 Å². The first-order chi connectivity index (χ1) is 6.93. The molecule has 1 heteroatoms. The molecule has 0 N–H and O–H groups in total. The smallest absolute Gasteiger partial charge is 0.103 e. The van der Waals surface area contributed by atoms with Crippen molar-refractivity contribution in [3.8, 4) is 11.8 Å². The fourth-order valence-corrected chi connectivity index (χ4v) is 1.25. The summed E-state index contributed by atoms with van der Waals surface area (Å²) >= 11 is 0. The van der Waals surface area contributed by atoms with Gasteiger partial charge in [0.2, 0.25) is 0 Å². The van der Waals surface area contributed by atoms with E-state index in [9.17, 15) is 0 Å². The van der Waals surface area contributed by atoms with Crippen LogP contribution in [-0.4, -0.2) is 0 Å². The summed E-state index contributed by atoms with van der Waals surface area (Å²) in [7, 11) is 0. The van der Waals surface area contributed by atoms with Gasteiger partial charge >= 0.3 is 0 Å². The zero-order valence-electron chi connectivity index (χ0n) is 8.88. The van der Waals surface area contributed by atoms with Gasteiger partial charge in [0.05, 0.1) is 6.26 Å². The van der Waals surface area contributed by atoms with Gasteiger partial charge in [0, 0.05) is 19.3 Å². The second kappa shape index (κ2) is 7.26. The number of hydrogen-bond acceptors (Lipinski definition) is 1. The fraction of sp³-hybridized carbons (Fsp3) is 0.538. The largest absolute Gasteiger partial charge is 0.469 e. The van der Waals surface area contributed by atoms with E-state index in [-0.39, 0.29) is 0 Å². The zero-order chi connectivity index (χ0) is 10.1. The van der Waals surface area contributed by atoms with Crippen LogP contribution in [0.1, 0.15) is 44.8 Å². The first kappa shape index (κ1) is 10.9. The molecule has 0 radical (unpaired) electrons. The predicted molar refractivity (Wildman–Crippen MR) is 58.9 cm³/mol. The monoisotopic (exact) mass is 190 g/mol. The van der Waals surface area contributed by atoms with Crippen LogP contribution < -0.4 is 0 Å². The SMILES string of the molecule is CCCCC#CCCCc1ccco1. The van der Waals surface area contributed by atoms with Crippen molar-refractivity contribution in [1.29, 1.82) is 0 Å². The van der Waals surface area contributed by atoms with E-state index in [4.69, 9.17) is 4.42 Å². The second-order valence-corrected chi connectivity index (χ2v) is 3.39. The van der Waals surface area contributed by atoms with Crippen molar-refractivity contribution in [2.24, 2.45) is 0 Å². The Bertz CT molecular complexity index is 274. The normalized spacial score (nSPS) is 9.50. The zero-order valence-corrected chi connectivity index (χ0v) is 8.88. The van der Waals surface area contributed by atoms with Crippen LogP contribution in [0.5, 0.6) is 0 Å². The van der Waals surface area contributed by atoms with Gasteiger partial charge in [0.15, 0.2) is 0 Å². The minimum atomic E-state index is 0.990. The summed E-state index contributed by atoms with van der Waals surface area (Å²) in [5.41, 5.74) is 0. The molecule has 0 aliphatic carbocycles. The molecule has 0 fully saturated rings. The van der Waals surface area contributed by atoms with E-state index in [2.05, 4.69) is 18.8 Å². The fourth-order valence-electron chi connectivity index (χ4n) is 1.25. The van der Waals surface area contributed by atoms with Crippen molar-refractivity contribution in [1.82, 2.24) is 0 Å². The van der Waals surface area contributed by atoms with E-state index >= 15 is 0 Å². The van der Waals surface area contributed by atoms with Crippen LogP contribution >= 0.6 is 0 Å². The van der Waals surface area contributed by atoms with Gasteiger partial charge in [0.1, 0.15) is 5.76 Å². The Labute approximate surface area is 86.5 Å². The third-order valence-electron chi connectivity index (χ3n) is 2.09. The van der Waals surface area contributed by atoms with Crippen LogP contribution in [0.15, 0.2) is 22.8 Å². The van der Waals surface area contributed by atoms with Crippen LogP contribution in [0.4, 0.5) is 0 Å². The van der Waals surface area contributed by atoms with Crippen molar-refractivity contribution in [2.75, 3.05) is 0 Å². The van der Waals surface area contributed by atoms with Crippen LogP contribution in [-0.2, 0) is 6.42 Å². The lowest BCUT2D eigenvalue weighted by atomic mass is 10.2. The molecule has 0 spiro atoms. The highest BCUT2D eigenvalue weighted by Gasteiger charge is 1.92. The topological polar surface area (TPSA) is 13.1 Å². The first-order valence-corrected chi connectivity index (χ1v) is 5.41. The maximum absolute atomic E-state index is 5.23. The molecule has 0 amide bonds. The summed E-state index contributed by atoms with van der Waals surface area (Å²) in [4.78, 5) is 0. The number of unbranched alkanes of at least 4 members (excludes halogenated alkanes) is 3. The van der Waals surface area contributed by atoms with Gasteiger partial charge < -0.3 is 4.42 Å². The summed E-state index contributed by atoms with van der Waals surface area (Å²) in [5, 5.41) is 0. The Morgan fingerprint density at radius 2 is 2.00 bits per heavy atom. The number of rotatable bonds is 5. The molecule has 0 saturated carbocycles. The van der Waals surface area contributed by atoms with Gasteiger partial charge in [-0.1, -0.05) is 13.3 Å². The lowest BCUT2D eigenvalue weighted by molar-refractivity contribution is 0.503. The maximum atomic E-state index is 5.23. The molecule has 1 heterocycles. The lowest BCUT2D eigenvalue weighted by Gasteiger charge is -1.91. The Kier molecular flexibility index (Phi) is 5.66. The molecule has 76 valence electrons. The number of aryl methyl sites for hydroxylation is 1. The molecule has 0 aliphatic heterocycles. The van der Waals surface area contributed by atoms with Crippen LogP contribution in [0.25, 0.3) is 0 Å². The second-order valence-electron chi connectivity index (χ2n) is 3.39. The summed E-state index contributed by atoms with van der Waals surface area (Å²) in [6.07, 6.45) is 8.35. The van der Waals surface area contributed by atoms with Crippen LogP contribution in [0.3, 0.4) is 0 Å². The summed E-state index contributed by atoms with van der Waals surface area (Å²) in [6, 6.07) is 3.95. The van der Waals surface area contributed by atoms with Crippen molar-refractivity contribution in [3.63, 3.8) is 0 Å². The minimum Gasteiger partial charge on any atom is -0.469 e. The molecule has 14 heavy (non-hydrogen) atoms. The van der Waals surface area contributed by atoms with E-state index in [1.165, 1.54) is 12.8 Å². The first-order valence-electron chi connectivity index (χ1n) is 5.41. The molecule has 0 atom stereocenters. The van der Waals surface area contributed by atoms with Gasteiger partial charge in [-0.05, 0) is 25.0 Å². The van der Waals surface area contributed by atoms with E-state index < -0.39 is 0 Å². The third-order valence-corrected chi connectivity index (χ3v) is 2.09. The molecular formula is C13H18O. The summed E-state index contributed by atoms with van der Waals surface area (Å²) in [6.45, 7) is 2.19. The highest BCUT2D eigenvalue weighted by molar-refractivity contribution is 5.01. The lowest BCUT2D eigenvalue weighted by Crippen LogP contribution is -1.80. The van der Waals surface area contributed by atoms with E-state index in [0.717, 1.165) is 31.4 Å². The summed E-state index contributed by atoms with van der Waals surface area (Å²) < 4.78 is 5.23. The van der Waals surface area contributed by atoms with Crippen molar-refractivity contribution < 1.29 is 4.42 Å². The van der Waals surface area contributed by atoms with Crippen molar-refractivity contribution in [3.05, 3.63) is 24.2 Å². The highest BCUT2D eigenvalue weighted by Crippen LogP contribution is 2.04. The molecule has 0 aliphatic rings. The Balaban J connectivity index is 2.01. The van der Waals surface area contributed by atoms with Crippen molar-refractivity contribution in [2.45, 2.75) is 45.4 Å². The van der Waals surface area contributed by atoms with Crippen molar-refractivity contribution >= 4 is 0 Å². The molecule has 1 aromatic heterocycles. The maximum Gasteiger partial charge on any atom is 0.103 e. The molecular weight excluding hydrogens is 172 g/mol. The van der Waals surface area contributed by atoms with Gasteiger partial charge in [-0.3, -0.25) is 0 Å². The highest BCUT2D eigenvalue weighted by atomic mass is 16.3. The Morgan fingerprint density at radius 1 is 1.21 bits per heavy atom. The van der Waals surface area contributed by atoms with Crippen LogP contribution in [0.2, 0.25) is 0 Å². The molecule has 0 saturated heterocycles. The average molecular weight is 190 g/mol. The van der Waals surface area contributed by atoms with Gasteiger partial charge in [-0.2, -0.15) is 0 Å². The molecule has 0 aromatic carbocycles. The predicted octanol–water partition coefficient (Wildman–Crippen LogP) is 3.80. The van der Waals surface area contributed by atoms with Gasteiger partial charge in [0.25, 0.3) is 0 Å².